The van der Waals surface area contributed by atoms with Crippen LogP contribution >= 0.6 is 11.6 Å². The summed E-state index contributed by atoms with van der Waals surface area (Å²) < 4.78 is 0. The molecule has 1 amide bonds. The van der Waals surface area contributed by atoms with Crippen LogP contribution in [-0.4, -0.2) is 44.0 Å². The van der Waals surface area contributed by atoms with E-state index < -0.39 is 0 Å². The molecule has 1 aromatic rings. The van der Waals surface area contributed by atoms with Crippen LogP contribution in [0.1, 0.15) is 26.7 Å². The van der Waals surface area contributed by atoms with Crippen molar-refractivity contribution in [3.8, 4) is 0 Å². The van der Waals surface area contributed by atoms with Crippen LogP contribution in [0, 0.1) is 5.92 Å². The molecule has 1 N–H and O–H groups in total. The highest BCUT2D eigenvalue weighted by Crippen LogP contribution is 2.30. The van der Waals surface area contributed by atoms with Gasteiger partial charge in [-0.3, -0.25) is 4.79 Å². The van der Waals surface area contributed by atoms with Crippen molar-refractivity contribution in [2.75, 3.05) is 43.4 Å². The third-order valence-electron chi connectivity index (χ3n) is 4.23. The number of halogens is 1. The van der Waals surface area contributed by atoms with Gasteiger partial charge in [0.25, 0.3) is 0 Å². The van der Waals surface area contributed by atoms with Crippen LogP contribution in [0.3, 0.4) is 0 Å². The van der Waals surface area contributed by atoms with Gasteiger partial charge in [0.15, 0.2) is 0 Å². The highest BCUT2D eigenvalue weighted by atomic mass is 35.5. The first-order valence-electron chi connectivity index (χ1n) is 8.05. The standard InChI is InChI=1S/C17H26ClN3O/c1-4-5-13(2)17(22)19-15-12-14(18)6-7-16(15)21-10-8-20(3)9-11-21/h6-7,12-13H,4-5,8-11H2,1-3H3,(H,19,22)/t13-/m1/s1. The molecule has 22 heavy (non-hydrogen) atoms. The van der Waals surface area contributed by atoms with E-state index in [-0.39, 0.29) is 11.8 Å². The number of rotatable bonds is 5. The maximum absolute atomic E-state index is 12.3. The molecule has 5 heteroatoms. The second kappa shape index (κ2) is 7.84. The van der Waals surface area contributed by atoms with Gasteiger partial charge in [-0.2, -0.15) is 0 Å². The first-order valence-corrected chi connectivity index (χ1v) is 8.43. The highest BCUT2D eigenvalue weighted by molar-refractivity contribution is 6.31. The fourth-order valence-corrected chi connectivity index (χ4v) is 2.92. The molecule has 1 aliphatic rings. The number of piperazine rings is 1. The molecule has 0 aliphatic carbocycles. The minimum atomic E-state index is 0.0179. The van der Waals surface area contributed by atoms with Gasteiger partial charge >= 0.3 is 0 Å². The number of amides is 1. The average molecular weight is 324 g/mol. The number of nitrogens with zero attached hydrogens (tertiary/aromatic N) is 2. The molecule has 1 saturated heterocycles. The molecular formula is C17H26ClN3O. The van der Waals surface area contributed by atoms with Gasteiger partial charge in [-0.25, -0.2) is 0 Å². The number of hydrogen-bond acceptors (Lipinski definition) is 3. The lowest BCUT2D eigenvalue weighted by Gasteiger charge is -2.35. The molecule has 0 spiro atoms. The zero-order chi connectivity index (χ0) is 16.1. The Labute approximate surface area is 138 Å². The SMILES string of the molecule is CCC[C@@H](C)C(=O)Nc1cc(Cl)ccc1N1CCN(C)CC1. The third kappa shape index (κ3) is 4.37. The lowest BCUT2D eigenvalue weighted by atomic mass is 10.1. The summed E-state index contributed by atoms with van der Waals surface area (Å²) in [5.41, 5.74) is 1.89. The molecule has 1 heterocycles. The second-order valence-electron chi connectivity index (χ2n) is 6.13. The van der Waals surface area contributed by atoms with E-state index in [0.29, 0.717) is 5.02 Å². The topological polar surface area (TPSA) is 35.6 Å². The number of likely N-dealkylation sites (N-methyl/N-ethyl adjacent to an activating group) is 1. The fourth-order valence-electron chi connectivity index (χ4n) is 2.75. The molecule has 1 fully saturated rings. The molecule has 2 rings (SSSR count). The van der Waals surface area contributed by atoms with Crippen LogP contribution in [0.5, 0.6) is 0 Å². The normalized spacial score (nSPS) is 17.4. The van der Waals surface area contributed by atoms with E-state index >= 15 is 0 Å². The maximum atomic E-state index is 12.3. The molecule has 0 bridgehead atoms. The fraction of sp³-hybridized carbons (Fsp3) is 0.588. The van der Waals surface area contributed by atoms with Gasteiger partial charge in [0.1, 0.15) is 0 Å². The molecule has 1 aliphatic heterocycles. The van der Waals surface area contributed by atoms with Gasteiger partial charge in [-0.15, -0.1) is 0 Å². The van der Waals surface area contributed by atoms with Gasteiger partial charge < -0.3 is 15.1 Å². The predicted molar refractivity (Wildman–Crippen MR) is 93.9 cm³/mol. The lowest BCUT2D eigenvalue weighted by molar-refractivity contribution is -0.119. The monoisotopic (exact) mass is 323 g/mol. The van der Waals surface area contributed by atoms with E-state index in [1.807, 2.05) is 25.1 Å². The molecular weight excluding hydrogens is 298 g/mol. The summed E-state index contributed by atoms with van der Waals surface area (Å²) in [6, 6.07) is 5.75. The zero-order valence-electron chi connectivity index (χ0n) is 13.7. The van der Waals surface area contributed by atoms with Crippen LogP contribution in [0.15, 0.2) is 18.2 Å². The van der Waals surface area contributed by atoms with E-state index in [1.54, 1.807) is 0 Å². The van der Waals surface area contributed by atoms with E-state index in [0.717, 1.165) is 50.4 Å². The highest BCUT2D eigenvalue weighted by Gasteiger charge is 2.19. The van der Waals surface area contributed by atoms with Crippen molar-refractivity contribution in [1.82, 2.24) is 4.90 Å². The smallest absolute Gasteiger partial charge is 0.227 e. The Balaban J connectivity index is 2.15. The first kappa shape index (κ1) is 17.1. The van der Waals surface area contributed by atoms with Crippen LogP contribution in [0.25, 0.3) is 0 Å². The van der Waals surface area contributed by atoms with E-state index in [2.05, 4.69) is 29.1 Å². The number of benzene rings is 1. The summed E-state index contributed by atoms with van der Waals surface area (Å²) in [4.78, 5) is 16.9. The minimum Gasteiger partial charge on any atom is -0.367 e. The Morgan fingerprint density at radius 3 is 2.64 bits per heavy atom. The van der Waals surface area contributed by atoms with E-state index in [4.69, 9.17) is 11.6 Å². The van der Waals surface area contributed by atoms with Crippen molar-refractivity contribution in [3.05, 3.63) is 23.2 Å². The van der Waals surface area contributed by atoms with E-state index in [1.165, 1.54) is 0 Å². The molecule has 0 saturated carbocycles. The Bertz CT molecular complexity index is 513. The molecule has 0 radical (unpaired) electrons. The number of hydrogen-bond donors (Lipinski definition) is 1. The van der Waals surface area contributed by atoms with Crippen molar-refractivity contribution < 1.29 is 4.79 Å². The Morgan fingerprint density at radius 1 is 1.32 bits per heavy atom. The van der Waals surface area contributed by atoms with Crippen molar-refractivity contribution in [2.24, 2.45) is 5.92 Å². The molecule has 122 valence electrons. The summed E-state index contributed by atoms with van der Waals surface area (Å²) in [6.45, 7) is 8.05. The van der Waals surface area contributed by atoms with Crippen LogP contribution in [0.4, 0.5) is 11.4 Å². The Hall–Kier alpha value is -1.26. The van der Waals surface area contributed by atoms with Gasteiger partial charge in [-0.05, 0) is 31.7 Å². The summed E-state index contributed by atoms with van der Waals surface area (Å²) >= 11 is 6.13. The van der Waals surface area contributed by atoms with Crippen LogP contribution < -0.4 is 10.2 Å². The number of nitrogens with one attached hydrogen (secondary N) is 1. The van der Waals surface area contributed by atoms with Crippen LogP contribution in [0.2, 0.25) is 5.02 Å². The zero-order valence-corrected chi connectivity index (χ0v) is 14.5. The van der Waals surface area contributed by atoms with Gasteiger partial charge in [0, 0.05) is 37.1 Å². The molecule has 0 aromatic heterocycles. The quantitative estimate of drug-likeness (QED) is 0.901. The average Bonchev–Trinajstić information content (AvgIpc) is 2.49. The number of carbonyl (C=O) groups is 1. The third-order valence-corrected chi connectivity index (χ3v) is 4.46. The van der Waals surface area contributed by atoms with E-state index in [9.17, 15) is 4.79 Å². The maximum Gasteiger partial charge on any atom is 0.227 e. The number of anilines is 2. The number of carbonyl (C=O) groups excluding carboxylic acids is 1. The van der Waals surface area contributed by atoms with Gasteiger partial charge in [0.05, 0.1) is 11.4 Å². The summed E-state index contributed by atoms with van der Waals surface area (Å²) in [6.07, 6.45) is 1.91. The van der Waals surface area contributed by atoms with Gasteiger partial charge in [-0.1, -0.05) is 31.9 Å². The van der Waals surface area contributed by atoms with Crippen molar-refractivity contribution >= 4 is 28.9 Å². The molecule has 1 aromatic carbocycles. The summed E-state index contributed by atoms with van der Waals surface area (Å²) in [7, 11) is 2.13. The largest absolute Gasteiger partial charge is 0.367 e. The first-order chi connectivity index (χ1) is 10.5. The predicted octanol–water partition coefficient (Wildman–Crippen LogP) is 3.47. The summed E-state index contributed by atoms with van der Waals surface area (Å²) in [5.74, 6) is 0.0869. The summed E-state index contributed by atoms with van der Waals surface area (Å²) in [5, 5.41) is 3.72. The van der Waals surface area contributed by atoms with Crippen LogP contribution in [-0.2, 0) is 4.79 Å². The molecule has 0 unspecified atom stereocenters. The van der Waals surface area contributed by atoms with Gasteiger partial charge in [0.2, 0.25) is 5.91 Å². The minimum absolute atomic E-state index is 0.0179. The Morgan fingerprint density at radius 2 is 2.00 bits per heavy atom. The Kier molecular flexibility index (Phi) is 6.09. The molecule has 1 atom stereocenters. The van der Waals surface area contributed by atoms with Crippen molar-refractivity contribution in [1.29, 1.82) is 0 Å². The second-order valence-corrected chi connectivity index (χ2v) is 6.57. The van der Waals surface area contributed by atoms with Crippen molar-refractivity contribution in [2.45, 2.75) is 26.7 Å². The van der Waals surface area contributed by atoms with Crippen molar-refractivity contribution in [3.63, 3.8) is 0 Å². The molecule has 4 nitrogen and oxygen atoms in total. The lowest BCUT2D eigenvalue weighted by Crippen LogP contribution is -2.44.